The topological polar surface area (TPSA) is 40.5 Å². The van der Waals surface area contributed by atoms with Crippen molar-refractivity contribution in [3.05, 3.63) is 35.9 Å². The molecule has 1 aliphatic heterocycles. The van der Waals surface area contributed by atoms with Crippen LogP contribution in [0.5, 0.6) is 0 Å². The summed E-state index contributed by atoms with van der Waals surface area (Å²) in [6.45, 7) is 6.51. The van der Waals surface area contributed by atoms with Gasteiger partial charge in [0, 0.05) is 19.1 Å². The smallest absolute Gasteiger partial charge is 0.305 e. The summed E-state index contributed by atoms with van der Waals surface area (Å²) < 4.78 is 0. The number of piperidine rings is 1. The molecular weight excluding hydrogens is 238 g/mol. The molecule has 0 radical (unpaired) electrons. The maximum Gasteiger partial charge on any atom is 0.305 e. The zero-order chi connectivity index (χ0) is 13.8. The summed E-state index contributed by atoms with van der Waals surface area (Å²) in [6.07, 6.45) is 1.43. The molecule has 1 fully saturated rings. The number of hydrogen-bond donors (Lipinski definition) is 1. The third-order valence-corrected chi connectivity index (χ3v) is 3.89. The van der Waals surface area contributed by atoms with Crippen molar-refractivity contribution in [1.82, 2.24) is 4.90 Å². The minimum atomic E-state index is -0.722. The first kappa shape index (κ1) is 14.1. The van der Waals surface area contributed by atoms with Gasteiger partial charge in [0.25, 0.3) is 0 Å². The van der Waals surface area contributed by atoms with Gasteiger partial charge in [-0.1, -0.05) is 44.2 Å². The molecule has 0 aliphatic carbocycles. The van der Waals surface area contributed by atoms with Crippen LogP contribution in [0.15, 0.2) is 30.3 Å². The highest BCUT2D eigenvalue weighted by Crippen LogP contribution is 2.31. The lowest BCUT2D eigenvalue weighted by Crippen LogP contribution is -2.41. The molecule has 1 saturated heterocycles. The van der Waals surface area contributed by atoms with Gasteiger partial charge in [0.1, 0.15) is 0 Å². The molecule has 0 aromatic heterocycles. The average Bonchev–Trinajstić information content (AvgIpc) is 2.35. The van der Waals surface area contributed by atoms with Crippen molar-refractivity contribution in [1.29, 1.82) is 0 Å². The largest absolute Gasteiger partial charge is 0.481 e. The Morgan fingerprint density at radius 2 is 1.84 bits per heavy atom. The van der Waals surface area contributed by atoms with E-state index in [9.17, 15) is 9.90 Å². The van der Waals surface area contributed by atoms with Gasteiger partial charge in [-0.25, -0.2) is 0 Å². The second-order valence-electron chi connectivity index (χ2n) is 5.92. The van der Waals surface area contributed by atoms with Crippen molar-refractivity contribution in [2.45, 2.75) is 32.7 Å². The number of carboxylic acid groups (broad SMARTS) is 1. The lowest BCUT2D eigenvalue weighted by molar-refractivity contribution is -0.138. The molecule has 3 heteroatoms. The van der Waals surface area contributed by atoms with E-state index in [1.165, 1.54) is 6.42 Å². The Balaban J connectivity index is 2.20. The first-order valence-electron chi connectivity index (χ1n) is 7.07. The van der Waals surface area contributed by atoms with Gasteiger partial charge in [-0.05, 0) is 23.8 Å². The predicted octanol–water partition coefficient (Wildman–Crippen LogP) is 3.18. The van der Waals surface area contributed by atoms with Gasteiger partial charge < -0.3 is 5.11 Å². The van der Waals surface area contributed by atoms with E-state index >= 15 is 0 Å². The fraction of sp³-hybridized carbons (Fsp3) is 0.562. The van der Waals surface area contributed by atoms with Crippen LogP contribution in [0.3, 0.4) is 0 Å². The van der Waals surface area contributed by atoms with Gasteiger partial charge in [0.15, 0.2) is 0 Å². The summed E-state index contributed by atoms with van der Waals surface area (Å²) in [7, 11) is 0. The maximum absolute atomic E-state index is 11.2. The van der Waals surface area contributed by atoms with E-state index in [1.54, 1.807) is 0 Å². The summed E-state index contributed by atoms with van der Waals surface area (Å²) in [5.74, 6) is 0.562. The number of rotatable bonds is 4. The second kappa shape index (κ2) is 6.20. The quantitative estimate of drug-likeness (QED) is 0.905. The van der Waals surface area contributed by atoms with E-state index in [2.05, 4.69) is 18.7 Å². The van der Waals surface area contributed by atoms with Crippen LogP contribution in [0.25, 0.3) is 0 Å². The van der Waals surface area contributed by atoms with Crippen LogP contribution in [0.1, 0.15) is 38.3 Å². The molecule has 3 unspecified atom stereocenters. The van der Waals surface area contributed by atoms with Crippen molar-refractivity contribution in [3.8, 4) is 0 Å². The minimum absolute atomic E-state index is 0.00361. The Morgan fingerprint density at radius 3 is 2.37 bits per heavy atom. The molecule has 104 valence electrons. The molecule has 3 nitrogen and oxygen atoms in total. The second-order valence-corrected chi connectivity index (χ2v) is 5.92. The molecule has 2 rings (SSSR count). The Bertz CT molecular complexity index is 408. The molecule has 3 atom stereocenters. The van der Waals surface area contributed by atoms with Gasteiger partial charge in [0.2, 0.25) is 0 Å². The van der Waals surface area contributed by atoms with E-state index in [1.807, 2.05) is 30.3 Å². The van der Waals surface area contributed by atoms with Crippen LogP contribution < -0.4 is 0 Å². The van der Waals surface area contributed by atoms with Crippen LogP contribution in [0.4, 0.5) is 0 Å². The third kappa shape index (κ3) is 3.80. The number of likely N-dealkylation sites (tertiary alicyclic amines) is 1. The van der Waals surface area contributed by atoms with Crippen LogP contribution in [-0.2, 0) is 4.79 Å². The Labute approximate surface area is 115 Å². The fourth-order valence-corrected chi connectivity index (χ4v) is 3.26. The van der Waals surface area contributed by atoms with Crippen LogP contribution in [0.2, 0.25) is 0 Å². The summed E-state index contributed by atoms with van der Waals surface area (Å²) in [6, 6.07) is 10.0. The molecule has 1 aliphatic rings. The Kier molecular flexibility index (Phi) is 4.59. The van der Waals surface area contributed by atoms with Gasteiger partial charge in [0.05, 0.1) is 6.42 Å². The highest BCUT2D eigenvalue weighted by atomic mass is 16.4. The van der Waals surface area contributed by atoms with Gasteiger partial charge >= 0.3 is 5.97 Å². The van der Waals surface area contributed by atoms with Crippen molar-refractivity contribution >= 4 is 5.97 Å². The van der Waals surface area contributed by atoms with Gasteiger partial charge in [-0.2, -0.15) is 0 Å². The number of nitrogens with zero attached hydrogens (tertiary/aromatic N) is 1. The fourth-order valence-electron chi connectivity index (χ4n) is 3.26. The molecule has 1 aromatic carbocycles. The summed E-state index contributed by atoms with van der Waals surface area (Å²) in [5.41, 5.74) is 1.12. The number of carboxylic acids is 1. The van der Waals surface area contributed by atoms with E-state index in [0.717, 1.165) is 18.7 Å². The summed E-state index contributed by atoms with van der Waals surface area (Å²) >= 11 is 0. The lowest BCUT2D eigenvalue weighted by atomic mass is 9.89. The number of aliphatic carboxylic acids is 1. The zero-order valence-electron chi connectivity index (χ0n) is 11.7. The number of hydrogen-bond acceptors (Lipinski definition) is 2. The summed E-state index contributed by atoms with van der Waals surface area (Å²) in [5, 5.41) is 9.18. The summed E-state index contributed by atoms with van der Waals surface area (Å²) in [4.78, 5) is 13.5. The van der Waals surface area contributed by atoms with E-state index in [0.29, 0.717) is 11.8 Å². The zero-order valence-corrected chi connectivity index (χ0v) is 11.7. The monoisotopic (exact) mass is 261 g/mol. The first-order chi connectivity index (χ1) is 9.06. The molecule has 0 amide bonds. The first-order valence-corrected chi connectivity index (χ1v) is 7.07. The molecule has 19 heavy (non-hydrogen) atoms. The van der Waals surface area contributed by atoms with Crippen molar-refractivity contribution in [3.63, 3.8) is 0 Å². The number of carbonyl (C=O) groups is 1. The highest BCUT2D eigenvalue weighted by molar-refractivity contribution is 5.68. The molecular formula is C16H23NO2. The van der Waals surface area contributed by atoms with Crippen molar-refractivity contribution in [2.75, 3.05) is 13.1 Å². The van der Waals surface area contributed by atoms with Gasteiger partial charge in [-0.15, -0.1) is 0 Å². The van der Waals surface area contributed by atoms with Crippen molar-refractivity contribution in [2.24, 2.45) is 11.8 Å². The van der Waals surface area contributed by atoms with Crippen molar-refractivity contribution < 1.29 is 9.90 Å². The van der Waals surface area contributed by atoms with Gasteiger partial charge in [-0.3, -0.25) is 9.69 Å². The maximum atomic E-state index is 11.2. The molecule has 1 aromatic rings. The normalized spacial score (nSPS) is 26.0. The molecule has 0 saturated carbocycles. The standard InChI is InChI=1S/C16H23NO2/c1-12-8-13(2)11-17(10-12)15(9-16(18)19)14-6-4-3-5-7-14/h3-7,12-13,15H,8-11H2,1-2H3,(H,18,19). The number of benzene rings is 1. The Hall–Kier alpha value is -1.35. The van der Waals surface area contributed by atoms with E-state index in [-0.39, 0.29) is 12.5 Å². The van der Waals surface area contributed by atoms with Crippen LogP contribution in [0, 0.1) is 11.8 Å². The van der Waals surface area contributed by atoms with E-state index in [4.69, 9.17) is 0 Å². The Morgan fingerprint density at radius 1 is 1.26 bits per heavy atom. The molecule has 0 bridgehead atoms. The highest BCUT2D eigenvalue weighted by Gasteiger charge is 2.29. The SMILES string of the molecule is CC1CC(C)CN(C(CC(=O)O)c2ccccc2)C1. The lowest BCUT2D eigenvalue weighted by Gasteiger charge is -2.40. The minimum Gasteiger partial charge on any atom is -0.481 e. The van der Waals surface area contributed by atoms with E-state index < -0.39 is 5.97 Å². The van der Waals surface area contributed by atoms with Crippen LogP contribution >= 0.6 is 0 Å². The average molecular weight is 261 g/mol. The third-order valence-electron chi connectivity index (χ3n) is 3.89. The predicted molar refractivity (Wildman–Crippen MR) is 76.0 cm³/mol. The molecule has 0 spiro atoms. The van der Waals surface area contributed by atoms with Crippen LogP contribution in [-0.4, -0.2) is 29.1 Å². The molecule has 1 heterocycles. The molecule has 1 N–H and O–H groups in total.